The van der Waals surface area contributed by atoms with Gasteiger partial charge in [-0.15, -0.1) is 0 Å². The van der Waals surface area contributed by atoms with Gasteiger partial charge >= 0.3 is 0 Å². The Bertz CT molecular complexity index is 701. The van der Waals surface area contributed by atoms with Crippen molar-refractivity contribution in [2.75, 3.05) is 19.7 Å². The summed E-state index contributed by atoms with van der Waals surface area (Å²) in [7, 11) is 0. The van der Waals surface area contributed by atoms with Gasteiger partial charge in [0.25, 0.3) is 0 Å². The van der Waals surface area contributed by atoms with Gasteiger partial charge in [-0.1, -0.05) is 18.9 Å². The molecule has 1 saturated carbocycles. The van der Waals surface area contributed by atoms with Crippen LogP contribution in [0.25, 0.3) is 0 Å². The molecule has 1 unspecified atom stereocenters. The van der Waals surface area contributed by atoms with Gasteiger partial charge in [-0.25, -0.2) is 0 Å². The van der Waals surface area contributed by atoms with Crippen LogP contribution in [0.4, 0.5) is 0 Å². The van der Waals surface area contributed by atoms with Crippen molar-refractivity contribution in [3.63, 3.8) is 0 Å². The number of carbonyl (C=O) groups is 1. The molecule has 3 aliphatic rings. The predicted molar refractivity (Wildman–Crippen MR) is 98.4 cm³/mol. The molecule has 27 heavy (non-hydrogen) atoms. The van der Waals surface area contributed by atoms with E-state index in [4.69, 9.17) is 9.47 Å². The number of likely N-dealkylation sites (tertiary alicyclic amines) is 1. The summed E-state index contributed by atoms with van der Waals surface area (Å²) in [6, 6.07) is 6.25. The Hall–Kier alpha value is -1.97. The second-order valence-electron chi connectivity index (χ2n) is 8.19. The zero-order chi connectivity index (χ0) is 18.7. The van der Waals surface area contributed by atoms with Crippen LogP contribution in [-0.4, -0.2) is 47.2 Å². The highest BCUT2D eigenvalue weighted by molar-refractivity contribution is 5.86. The molecule has 2 aliphatic heterocycles. The van der Waals surface area contributed by atoms with Crippen molar-refractivity contribution in [1.29, 1.82) is 5.26 Å². The lowest BCUT2D eigenvalue weighted by Crippen LogP contribution is -2.50. The number of rotatable bonds is 4. The highest BCUT2D eigenvalue weighted by Gasteiger charge is 2.48. The molecule has 3 fully saturated rings. The molecular formula is C21H27N3O3. The van der Waals surface area contributed by atoms with Gasteiger partial charge in [0.2, 0.25) is 5.91 Å². The fraction of sp³-hybridized carbons (Fsp3) is 0.667. The summed E-state index contributed by atoms with van der Waals surface area (Å²) in [5, 5.41) is 9.57. The van der Waals surface area contributed by atoms with Gasteiger partial charge in [0.15, 0.2) is 0 Å². The summed E-state index contributed by atoms with van der Waals surface area (Å²) in [4.78, 5) is 18.9. The molecule has 3 heterocycles. The van der Waals surface area contributed by atoms with Crippen molar-refractivity contribution >= 4 is 5.91 Å². The minimum Gasteiger partial charge on any atom is -0.372 e. The van der Waals surface area contributed by atoms with Gasteiger partial charge in [-0.3, -0.25) is 9.78 Å². The number of hydrogen-bond acceptors (Lipinski definition) is 5. The first-order chi connectivity index (χ1) is 13.1. The molecule has 0 radical (unpaired) electrons. The fourth-order valence-corrected chi connectivity index (χ4v) is 4.73. The molecule has 1 spiro atoms. The number of nitriles is 1. The van der Waals surface area contributed by atoms with E-state index in [0.717, 1.165) is 37.7 Å². The summed E-state index contributed by atoms with van der Waals surface area (Å²) in [5.41, 5.74) is 0.125. The lowest BCUT2D eigenvalue weighted by molar-refractivity contribution is -0.143. The number of hydrogen-bond donors (Lipinski definition) is 0. The summed E-state index contributed by atoms with van der Waals surface area (Å²) in [6.07, 6.45) is 9.59. The molecule has 6 heteroatoms. The Kier molecular flexibility index (Phi) is 5.16. The maximum Gasteiger partial charge on any atom is 0.243 e. The summed E-state index contributed by atoms with van der Waals surface area (Å²) in [6.45, 7) is 2.51. The first kappa shape index (κ1) is 18.4. The normalized spacial score (nSPS) is 26.2. The van der Waals surface area contributed by atoms with Gasteiger partial charge < -0.3 is 14.4 Å². The topological polar surface area (TPSA) is 75.5 Å². The van der Waals surface area contributed by atoms with Crippen LogP contribution in [0.2, 0.25) is 0 Å². The van der Waals surface area contributed by atoms with E-state index < -0.39 is 5.41 Å². The van der Waals surface area contributed by atoms with Crippen LogP contribution in [0, 0.1) is 16.7 Å². The molecule has 1 aliphatic carbocycles. The average Bonchev–Trinajstić information content (AvgIpc) is 3.36. The first-order valence-corrected chi connectivity index (χ1v) is 10.00. The molecule has 4 rings (SSSR count). The Morgan fingerprint density at radius 3 is 2.78 bits per heavy atom. The van der Waals surface area contributed by atoms with Gasteiger partial charge in [0, 0.05) is 31.9 Å². The molecule has 0 aromatic carbocycles. The maximum absolute atomic E-state index is 12.9. The third-order valence-electron chi connectivity index (χ3n) is 6.43. The molecule has 2 saturated heterocycles. The van der Waals surface area contributed by atoms with Crippen molar-refractivity contribution in [1.82, 2.24) is 9.88 Å². The SMILES string of the molecule is N#CC1(C(=O)N2CCC3(CC2)CC(OCc2cccnc2)CO3)CCCC1. The smallest absolute Gasteiger partial charge is 0.243 e. The second kappa shape index (κ2) is 7.57. The van der Waals surface area contributed by atoms with E-state index in [1.54, 1.807) is 6.20 Å². The minimum atomic E-state index is -0.767. The number of carbonyl (C=O) groups excluding carboxylic acids is 1. The minimum absolute atomic E-state index is 0.0414. The second-order valence-corrected chi connectivity index (χ2v) is 8.19. The third-order valence-corrected chi connectivity index (χ3v) is 6.43. The standard InChI is InChI=1S/C21H27N3O3/c22-16-20(5-1-2-6-20)19(25)24-10-7-21(8-11-24)12-18(15-27-21)26-14-17-4-3-9-23-13-17/h3-4,9,13,18H,1-2,5-8,10-12,14-15H2. The van der Waals surface area contributed by atoms with Crippen molar-refractivity contribution in [3.05, 3.63) is 30.1 Å². The molecule has 1 atom stereocenters. The molecule has 1 aromatic heterocycles. The Morgan fingerprint density at radius 2 is 2.11 bits per heavy atom. The van der Waals surface area contributed by atoms with Gasteiger partial charge in [-0.2, -0.15) is 5.26 Å². The molecule has 6 nitrogen and oxygen atoms in total. The van der Waals surface area contributed by atoms with Crippen molar-refractivity contribution in [2.24, 2.45) is 5.41 Å². The molecular weight excluding hydrogens is 342 g/mol. The predicted octanol–water partition coefficient (Wildman–Crippen LogP) is 2.83. The Labute approximate surface area is 160 Å². The highest BCUT2D eigenvalue weighted by atomic mass is 16.6. The molecule has 1 amide bonds. The number of aromatic nitrogens is 1. The van der Waals surface area contributed by atoms with Crippen LogP contribution in [0.5, 0.6) is 0 Å². The van der Waals surface area contributed by atoms with Crippen LogP contribution < -0.4 is 0 Å². The van der Waals surface area contributed by atoms with Crippen LogP contribution in [-0.2, 0) is 20.9 Å². The summed E-state index contributed by atoms with van der Waals surface area (Å²) in [5.74, 6) is 0.0414. The molecule has 144 valence electrons. The highest BCUT2D eigenvalue weighted by Crippen LogP contribution is 2.42. The first-order valence-electron chi connectivity index (χ1n) is 10.00. The fourth-order valence-electron chi connectivity index (χ4n) is 4.73. The Balaban J connectivity index is 1.29. The maximum atomic E-state index is 12.9. The summed E-state index contributed by atoms with van der Waals surface area (Å²) >= 11 is 0. The largest absolute Gasteiger partial charge is 0.372 e. The van der Waals surface area contributed by atoms with Crippen LogP contribution >= 0.6 is 0 Å². The van der Waals surface area contributed by atoms with E-state index in [2.05, 4.69) is 11.1 Å². The van der Waals surface area contributed by atoms with Crippen molar-refractivity contribution in [2.45, 2.75) is 63.3 Å². The zero-order valence-electron chi connectivity index (χ0n) is 15.7. The zero-order valence-corrected chi connectivity index (χ0v) is 15.7. The molecule has 1 aromatic rings. The lowest BCUT2D eigenvalue weighted by Gasteiger charge is -2.40. The van der Waals surface area contributed by atoms with Gasteiger partial charge in [-0.05, 0) is 37.3 Å². The third kappa shape index (κ3) is 3.71. The van der Waals surface area contributed by atoms with E-state index in [1.807, 2.05) is 23.2 Å². The van der Waals surface area contributed by atoms with E-state index in [-0.39, 0.29) is 17.6 Å². The summed E-state index contributed by atoms with van der Waals surface area (Å²) < 4.78 is 12.2. The van der Waals surface area contributed by atoms with E-state index >= 15 is 0 Å². The van der Waals surface area contributed by atoms with E-state index in [1.165, 1.54) is 0 Å². The average molecular weight is 369 g/mol. The van der Waals surface area contributed by atoms with Crippen molar-refractivity contribution in [3.8, 4) is 6.07 Å². The molecule has 0 bridgehead atoms. The monoisotopic (exact) mass is 369 g/mol. The number of piperidine rings is 1. The van der Waals surface area contributed by atoms with E-state index in [0.29, 0.717) is 39.1 Å². The number of amides is 1. The Morgan fingerprint density at radius 1 is 1.33 bits per heavy atom. The van der Waals surface area contributed by atoms with Gasteiger partial charge in [0.1, 0.15) is 5.41 Å². The van der Waals surface area contributed by atoms with E-state index in [9.17, 15) is 10.1 Å². The van der Waals surface area contributed by atoms with Crippen LogP contribution in [0.1, 0.15) is 50.5 Å². The number of ether oxygens (including phenoxy) is 2. The number of pyridine rings is 1. The van der Waals surface area contributed by atoms with Gasteiger partial charge in [0.05, 0.1) is 31.0 Å². The quantitative estimate of drug-likeness (QED) is 0.816. The molecule has 0 N–H and O–H groups in total. The number of nitrogens with zero attached hydrogens (tertiary/aromatic N) is 3. The van der Waals surface area contributed by atoms with Crippen LogP contribution in [0.3, 0.4) is 0 Å². The van der Waals surface area contributed by atoms with Crippen molar-refractivity contribution < 1.29 is 14.3 Å². The van der Waals surface area contributed by atoms with Crippen LogP contribution in [0.15, 0.2) is 24.5 Å². The lowest BCUT2D eigenvalue weighted by atomic mass is 9.83.